The number of allylic oxidation sites excluding steroid dienone is 1. The molecule has 1 heterocycles. The van der Waals surface area contributed by atoms with Crippen molar-refractivity contribution in [2.45, 2.75) is 6.92 Å². The average Bonchev–Trinajstić information content (AvgIpc) is 3.50. The van der Waals surface area contributed by atoms with Gasteiger partial charge in [0, 0.05) is 34.1 Å². The lowest BCUT2D eigenvalue weighted by Crippen LogP contribution is -2.09. The molecule has 0 bridgehead atoms. The Labute approximate surface area is 246 Å². The predicted molar refractivity (Wildman–Crippen MR) is 178 cm³/mol. The Balaban J connectivity index is 1.43. The molecule has 0 fully saturated rings. The molecule has 5 aromatic carbocycles. The fourth-order valence-electron chi connectivity index (χ4n) is 4.89. The van der Waals surface area contributed by atoms with Gasteiger partial charge in [0.15, 0.2) is 0 Å². The molecule has 0 atom stereocenters. The summed E-state index contributed by atoms with van der Waals surface area (Å²) in [6.07, 6.45) is 4.24. The Morgan fingerprint density at radius 2 is 0.976 bits per heavy atom. The number of anilines is 8. The van der Waals surface area contributed by atoms with Crippen LogP contribution in [0.25, 0.3) is 6.08 Å². The first-order valence-electron chi connectivity index (χ1n) is 13.7. The molecule has 0 aliphatic carbocycles. The molecular weight excluding hydrogens is 518 g/mol. The van der Waals surface area contributed by atoms with Crippen molar-refractivity contribution in [1.82, 2.24) is 0 Å². The minimum atomic E-state index is 1.07. The number of hydrogen-bond acceptors (Lipinski definition) is 4. The van der Waals surface area contributed by atoms with E-state index in [-0.39, 0.29) is 0 Å². The summed E-state index contributed by atoms with van der Waals surface area (Å²) in [5, 5.41) is 5.87. The number of hydrogen-bond donors (Lipinski definition) is 1. The van der Waals surface area contributed by atoms with Gasteiger partial charge in [-0.3, -0.25) is 0 Å². The summed E-state index contributed by atoms with van der Waals surface area (Å²) in [7, 11) is 0. The molecule has 0 aliphatic rings. The number of rotatable bonds is 9. The van der Waals surface area contributed by atoms with Gasteiger partial charge in [0.1, 0.15) is 10.0 Å². The molecule has 41 heavy (non-hydrogen) atoms. The van der Waals surface area contributed by atoms with Gasteiger partial charge in [-0.1, -0.05) is 96.3 Å². The molecular formula is C37H31N3S. The van der Waals surface area contributed by atoms with Crippen LogP contribution in [0.4, 0.5) is 44.1 Å². The number of thiophene rings is 1. The zero-order chi connectivity index (χ0) is 27.9. The second-order valence-corrected chi connectivity index (χ2v) is 10.6. The smallest absolute Gasteiger partial charge is 0.102 e. The van der Waals surface area contributed by atoms with Crippen molar-refractivity contribution < 1.29 is 0 Å². The van der Waals surface area contributed by atoms with Crippen molar-refractivity contribution in [3.63, 3.8) is 0 Å². The molecule has 3 nitrogen and oxygen atoms in total. The summed E-state index contributed by atoms with van der Waals surface area (Å²) in [5.41, 5.74) is 7.73. The van der Waals surface area contributed by atoms with Crippen LogP contribution in [0.1, 0.15) is 12.5 Å². The van der Waals surface area contributed by atoms with Crippen molar-refractivity contribution in [1.29, 1.82) is 0 Å². The summed E-state index contributed by atoms with van der Waals surface area (Å²) >= 11 is 1.77. The SMILES string of the molecule is C/C=C/c1cc(N(c2ccccc2)c2ccc(N(c3ccccc3)c3ccccc3)s2)ccc1Nc1ccccc1. The van der Waals surface area contributed by atoms with Crippen LogP contribution in [0, 0.1) is 0 Å². The zero-order valence-electron chi connectivity index (χ0n) is 22.9. The number of nitrogens with zero attached hydrogens (tertiary/aromatic N) is 2. The van der Waals surface area contributed by atoms with E-state index in [0.717, 1.165) is 49.7 Å². The van der Waals surface area contributed by atoms with E-state index in [1.165, 1.54) is 0 Å². The second kappa shape index (κ2) is 12.4. The molecule has 0 aliphatic heterocycles. The van der Waals surface area contributed by atoms with Gasteiger partial charge in [-0.2, -0.15) is 0 Å². The van der Waals surface area contributed by atoms with E-state index in [4.69, 9.17) is 0 Å². The topological polar surface area (TPSA) is 18.5 Å². The molecule has 1 aromatic heterocycles. The molecule has 4 heteroatoms. The molecule has 0 amide bonds. The Morgan fingerprint density at radius 3 is 1.46 bits per heavy atom. The molecule has 0 unspecified atom stereocenters. The van der Waals surface area contributed by atoms with E-state index >= 15 is 0 Å². The Bertz CT molecular complexity index is 1670. The monoisotopic (exact) mass is 549 g/mol. The Morgan fingerprint density at radius 1 is 0.512 bits per heavy atom. The molecule has 0 saturated carbocycles. The van der Waals surface area contributed by atoms with Gasteiger partial charge in [0.05, 0.1) is 0 Å². The Hall–Kier alpha value is -5.06. The van der Waals surface area contributed by atoms with Crippen molar-refractivity contribution in [2.75, 3.05) is 15.1 Å². The van der Waals surface area contributed by atoms with Gasteiger partial charge in [-0.05, 0) is 91.3 Å². The van der Waals surface area contributed by atoms with Crippen LogP contribution in [0.2, 0.25) is 0 Å². The van der Waals surface area contributed by atoms with Gasteiger partial charge in [-0.25, -0.2) is 0 Å². The van der Waals surface area contributed by atoms with E-state index in [0.29, 0.717) is 0 Å². The van der Waals surface area contributed by atoms with E-state index in [1.807, 2.05) is 18.2 Å². The summed E-state index contributed by atoms with van der Waals surface area (Å²) in [4.78, 5) is 4.65. The zero-order valence-corrected chi connectivity index (χ0v) is 23.7. The van der Waals surface area contributed by atoms with Crippen molar-refractivity contribution in [3.05, 3.63) is 163 Å². The minimum absolute atomic E-state index is 1.07. The van der Waals surface area contributed by atoms with Gasteiger partial charge >= 0.3 is 0 Å². The third kappa shape index (κ3) is 5.93. The normalized spacial score (nSPS) is 11.0. The highest BCUT2D eigenvalue weighted by Gasteiger charge is 2.19. The molecule has 0 spiro atoms. The van der Waals surface area contributed by atoms with Gasteiger partial charge in [0.25, 0.3) is 0 Å². The predicted octanol–water partition coefficient (Wildman–Crippen LogP) is 11.5. The molecule has 1 N–H and O–H groups in total. The first kappa shape index (κ1) is 26.2. The fraction of sp³-hybridized carbons (Fsp3) is 0.0270. The minimum Gasteiger partial charge on any atom is -0.355 e. The molecule has 6 rings (SSSR count). The standard InChI is InChI=1S/C37H31N3S/c1-2-15-29-28-34(24-25-35(29)38-30-16-7-3-8-17-30)40(33-22-13-6-14-23-33)37-27-26-36(41-37)39(31-18-9-4-10-19-31)32-20-11-5-12-21-32/h2-28,38H,1H3/b15-2+. The van der Waals surface area contributed by atoms with Crippen LogP contribution in [0.15, 0.2) is 158 Å². The number of benzene rings is 5. The lowest BCUT2D eigenvalue weighted by molar-refractivity contribution is 1.31. The van der Waals surface area contributed by atoms with E-state index in [2.05, 4.69) is 168 Å². The van der Waals surface area contributed by atoms with E-state index in [1.54, 1.807) is 11.3 Å². The molecule has 6 aromatic rings. The van der Waals surface area contributed by atoms with E-state index in [9.17, 15) is 0 Å². The van der Waals surface area contributed by atoms with Crippen molar-refractivity contribution >= 4 is 61.5 Å². The third-order valence-corrected chi connectivity index (χ3v) is 7.81. The summed E-state index contributed by atoms with van der Waals surface area (Å²) < 4.78 is 0. The molecule has 0 radical (unpaired) electrons. The maximum atomic E-state index is 3.58. The summed E-state index contributed by atoms with van der Waals surface area (Å²) in [6.45, 7) is 2.06. The second-order valence-electron chi connectivity index (χ2n) is 9.55. The quantitative estimate of drug-likeness (QED) is 0.193. The molecule has 200 valence electrons. The lowest BCUT2D eigenvalue weighted by Gasteiger charge is -2.26. The average molecular weight is 550 g/mol. The summed E-state index contributed by atoms with van der Waals surface area (Å²) in [5.74, 6) is 0. The highest BCUT2D eigenvalue weighted by Crippen LogP contribution is 2.46. The van der Waals surface area contributed by atoms with Crippen LogP contribution < -0.4 is 15.1 Å². The Kier molecular flexibility index (Phi) is 7.93. The lowest BCUT2D eigenvalue weighted by atomic mass is 10.1. The van der Waals surface area contributed by atoms with Gasteiger partial charge < -0.3 is 15.1 Å². The summed E-state index contributed by atoms with van der Waals surface area (Å²) in [6, 6.07) is 53.0. The number of para-hydroxylation sites is 4. The highest BCUT2D eigenvalue weighted by atomic mass is 32.1. The van der Waals surface area contributed by atoms with Gasteiger partial charge in [-0.15, -0.1) is 0 Å². The van der Waals surface area contributed by atoms with Crippen LogP contribution in [-0.2, 0) is 0 Å². The van der Waals surface area contributed by atoms with Gasteiger partial charge in [0.2, 0.25) is 0 Å². The highest BCUT2D eigenvalue weighted by molar-refractivity contribution is 7.20. The van der Waals surface area contributed by atoms with E-state index < -0.39 is 0 Å². The van der Waals surface area contributed by atoms with Crippen LogP contribution in [0.3, 0.4) is 0 Å². The molecule has 0 saturated heterocycles. The first-order valence-corrected chi connectivity index (χ1v) is 14.6. The number of nitrogens with one attached hydrogen (secondary N) is 1. The maximum absolute atomic E-state index is 3.58. The first-order chi connectivity index (χ1) is 20.3. The van der Waals surface area contributed by atoms with Crippen LogP contribution >= 0.6 is 11.3 Å². The fourth-order valence-corrected chi connectivity index (χ4v) is 5.98. The van der Waals surface area contributed by atoms with Crippen molar-refractivity contribution in [3.8, 4) is 0 Å². The van der Waals surface area contributed by atoms with Crippen LogP contribution in [0.5, 0.6) is 0 Å². The largest absolute Gasteiger partial charge is 0.355 e. The van der Waals surface area contributed by atoms with Crippen LogP contribution in [-0.4, -0.2) is 0 Å². The maximum Gasteiger partial charge on any atom is 0.102 e. The third-order valence-electron chi connectivity index (χ3n) is 6.75. The van der Waals surface area contributed by atoms with Crippen molar-refractivity contribution in [2.24, 2.45) is 0 Å².